The van der Waals surface area contributed by atoms with Crippen LogP contribution in [-0.2, 0) is 6.42 Å². The van der Waals surface area contributed by atoms with E-state index in [0.717, 1.165) is 30.2 Å². The van der Waals surface area contributed by atoms with Crippen molar-refractivity contribution in [2.75, 3.05) is 0 Å². The van der Waals surface area contributed by atoms with Crippen molar-refractivity contribution in [2.45, 2.75) is 51.9 Å². The third-order valence-electron chi connectivity index (χ3n) is 4.56. The van der Waals surface area contributed by atoms with E-state index in [1.165, 1.54) is 37.7 Å². The average Bonchev–Trinajstić information content (AvgIpc) is 2.53. The Kier molecular flexibility index (Phi) is 5.87. The number of aryl methyl sites for hydroxylation is 1. The molecule has 1 aromatic rings. The Hall–Kier alpha value is -1.55. The molecule has 0 aliphatic heterocycles. The summed E-state index contributed by atoms with van der Waals surface area (Å²) in [5.74, 6) is 1.80. The summed E-state index contributed by atoms with van der Waals surface area (Å²) in [6.45, 7) is 2.32. The summed E-state index contributed by atoms with van der Waals surface area (Å²) in [5.41, 5.74) is 2.07. The maximum atomic E-state index is 8.76. The molecule has 0 N–H and O–H groups in total. The van der Waals surface area contributed by atoms with Crippen molar-refractivity contribution in [1.29, 1.82) is 5.26 Å². The van der Waals surface area contributed by atoms with Crippen LogP contribution in [0.15, 0.2) is 36.4 Å². The van der Waals surface area contributed by atoms with Gasteiger partial charge in [0.05, 0.1) is 11.6 Å². The zero-order chi connectivity index (χ0) is 14.2. The van der Waals surface area contributed by atoms with Gasteiger partial charge in [0.1, 0.15) is 0 Å². The van der Waals surface area contributed by atoms with Crippen molar-refractivity contribution in [2.24, 2.45) is 11.8 Å². The first kappa shape index (κ1) is 14.9. The first-order valence-electron chi connectivity index (χ1n) is 7.97. The van der Waals surface area contributed by atoms with Gasteiger partial charge < -0.3 is 0 Å². The molecule has 1 fully saturated rings. The second-order valence-corrected chi connectivity index (χ2v) is 5.96. The van der Waals surface area contributed by atoms with Gasteiger partial charge in [-0.25, -0.2) is 0 Å². The van der Waals surface area contributed by atoms with Gasteiger partial charge in [-0.15, -0.1) is 0 Å². The second kappa shape index (κ2) is 7.90. The molecule has 1 aromatic carbocycles. The third-order valence-corrected chi connectivity index (χ3v) is 4.56. The Balaban J connectivity index is 1.70. The Morgan fingerprint density at radius 2 is 1.85 bits per heavy atom. The minimum absolute atomic E-state index is 0.747. The number of benzene rings is 1. The van der Waals surface area contributed by atoms with Crippen molar-refractivity contribution < 1.29 is 0 Å². The highest BCUT2D eigenvalue weighted by Crippen LogP contribution is 2.31. The van der Waals surface area contributed by atoms with Crippen molar-refractivity contribution in [3.63, 3.8) is 0 Å². The summed E-state index contributed by atoms with van der Waals surface area (Å²) in [5, 5.41) is 8.76. The molecule has 1 aliphatic rings. The molecule has 0 aromatic heterocycles. The highest BCUT2D eigenvalue weighted by molar-refractivity contribution is 5.31. The lowest BCUT2D eigenvalue weighted by atomic mass is 9.81. The van der Waals surface area contributed by atoms with E-state index >= 15 is 0 Å². The summed E-state index contributed by atoms with van der Waals surface area (Å²) < 4.78 is 0. The predicted octanol–water partition coefficient (Wildman–Crippen LogP) is 5.26. The van der Waals surface area contributed by atoms with Gasteiger partial charge in [0.2, 0.25) is 0 Å². The molecule has 1 aliphatic carbocycles. The van der Waals surface area contributed by atoms with Gasteiger partial charge in [0.15, 0.2) is 0 Å². The summed E-state index contributed by atoms with van der Waals surface area (Å²) in [4.78, 5) is 0. The molecule has 0 unspecified atom stereocenters. The lowest BCUT2D eigenvalue weighted by Gasteiger charge is -2.25. The number of nitrogens with zero attached hydrogens (tertiary/aromatic N) is 1. The largest absolute Gasteiger partial charge is 0.192 e. The third kappa shape index (κ3) is 4.53. The van der Waals surface area contributed by atoms with Crippen molar-refractivity contribution in [1.82, 2.24) is 0 Å². The molecule has 0 radical (unpaired) electrons. The van der Waals surface area contributed by atoms with Crippen LogP contribution in [0.5, 0.6) is 0 Å². The Morgan fingerprint density at radius 3 is 2.45 bits per heavy atom. The number of hydrogen-bond donors (Lipinski definition) is 0. The van der Waals surface area contributed by atoms with Gasteiger partial charge in [0, 0.05) is 0 Å². The normalized spacial score (nSPS) is 22.8. The monoisotopic (exact) mass is 267 g/mol. The summed E-state index contributed by atoms with van der Waals surface area (Å²) in [7, 11) is 0. The molecule has 20 heavy (non-hydrogen) atoms. The van der Waals surface area contributed by atoms with Crippen LogP contribution in [0, 0.1) is 23.2 Å². The maximum Gasteiger partial charge on any atom is 0.0991 e. The molecule has 0 heterocycles. The minimum Gasteiger partial charge on any atom is -0.192 e. The molecule has 0 bridgehead atoms. The molecular formula is C19H25N. The van der Waals surface area contributed by atoms with Crippen LogP contribution >= 0.6 is 0 Å². The standard InChI is InChI=1S/C19H25N/c1-2-16-7-9-17(10-8-16)5-3-4-6-18-11-13-19(15-20)14-12-18/h3,5,11-14,16-17H,2,4,6-10H2,1H3/b5-3+/t16-,17-. The van der Waals surface area contributed by atoms with E-state index in [9.17, 15) is 0 Å². The molecule has 106 valence electrons. The highest BCUT2D eigenvalue weighted by Gasteiger charge is 2.17. The van der Waals surface area contributed by atoms with Crippen LogP contribution in [0.25, 0.3) is 0 Å². The van der Waals surface area contributed by atoms with Crippen LogP contribution in [-0.4, -0.2) is 0 Å². The van der Waals surface area contributed by atoms with E-state index in [0.29, 0.717) is 0 Å². The number of allylic oxidation sites excluding steroid dienone is 2. The molecule has 1 saturated carbocycles. The fourth-order valence-electron chi connectivity index (χ4n) is 3.07. The lowest BCUT2D eigenvalue weighted by Crippen LogP contribution is -2.12. The lowest BCUT2D eigenvalue weighted by molar-refractivity contribution is 0.303. The minimum atomic E-state index is 0.747. The van der Waals surface area contributed by atoms with Crippen LogP contribution in [0.1, 0.15) is 56.6 Å². The fourth-order valence-corrected chi connectivity index (χ4v) is 3.07. The van der Waals surface area contributed by atoms with Gasteiger partial charge in [0.25, 0.3) is 0 Å². The fraction of sp³-hybridized carbons (Fsp3) is 0.526. The van der Waals surface area contributed by atoms with E-state index in [1.807, 2.05) is 12.1 Å². The zero-order valence-electron chi connectivity index (χ0n) is 12.5. The van der Waals surface area contributed by atoms with Crippen LogP contribution in [0.3, 0.4) is 0 Å². The molecular weight excluding hydrogens is 242 g/mol. The number of hydrogen-bond acceptors (Lipinski definition) is 1. The van der Waals surface area contributed by atoms with Crippen LogP contribution in [0.2, 0.25) is 0 Å². The number of rotatable bonds is 5. The molecule has 0 atom stereocenters. The molecule has 1 nitrogen and oxygen atoms in total. The Morgan fingerprint density at radius 1 is 1.15 bits per heavy atom. The summed E-state index contributed by atoms with van der Waals surface area (Å²) in [6.07, 6.45) is 13.9. The summed E-state index contributed by atoms with van der Waals surface area (Å²) in [6, 6.07) is 10.1. The average molecular weight is 267 g/mol. The topological polar surface area (TPSA) is 23.8 Å². The first-order valence-corrected chi connectivity index (χ1v) is 7.97. The van der Waals surface area contributed by atoms with Crippen molar-refractivity contribution in [3.8, 4) is 6.07 Å². The Bertz CT molecular complexity index is 456. The van der Waals surface area contributed by atoms with Crippen LogP contribution < -0.4 is 0 Å². The number of nitriles is 1. The molecule has 0 saturated heterocycles. The molecule has 1 heteroatoms. The van der Waals surface area contributed by atoms with Crippen molar-refractivity contribution in [3.05, 3.63) is 47.5 Å². The van der Waals surface area contributed by atoms with E-state index in [-0.39, 0.29) is 0 Å². The quantitative estimate of drug-likeness (QED) is 0.667. The van der Waals surface area contributed by atoms with Crippen LogP contribution in [0.4, 0.5) is 0 Å². The van der Waals surface area contributed by atoms with Gasteiger partial charge >= 0.3 is 0 Å². The molecule has 2 rings (SSSR count). The van der Waals surface area contributed by atoms with Crippen molar-refractivity contribution >= 4 is 0 Å². The predicted molar refractivity (Wildman–Crippen MR) is 84.4 cm³/mol. The van der Waals surface area contributed by atoms with Gasteiger partial charge in [-0.2, -0.15) is 5.26 Å². The molecule has 0 spiro atoms. The van der Waals surface area contributed by atoms with E-state index in [2.05, 4.69) is 37.3 Å². The van der Waals surface area contributed by atoms with Gasteiger partial charge in [-0.1, -0.05) is 37.6 Å². The van der Waals surface area contributed by atoms with E-state index < -0.39 is 0 Å². The summed E-state index contributed by atoms with van der Waals surface area (Å²) >= 11 is 0. The van der Waals surface area contributed by atoms with E-state index in [1.54, 1.807) is 0 Å². The van der Waals surface area contributed by atoms with Gasteiger partial charge in [-0.3, -0.25) is 0 Å². The smallest absolute Gasteiger partial charge is 0.0991 e. The van der Waals surface area contributed by atoms with E-state index in [4.69, 9.17) is 5.26 Å². The maximum absolute atomic E-state index is 8.76. The second-order valence-electron chi connectivity index (χ2n) is 5.96. The Labute approximate surface area is 123 Å². The SMILES string of the molecule is CC[C@H]1CC[C@H](/C=C/CCc2ccc(C#N)cc2)CC1. The zero-order valence-corrected chi connectivity index (χ0v) is 12.5. The highest BCUT2D eigenvalue weighted by atomic mass is 14.2. The molecule has 0 amide bonds. The van der Waals surface area contributed by atoms with Gasteiger partial charge in [-0.05, 0) is 68.1 Å². The first-order chi connectivity index (χ1) is 9.81.